The van der Waals surface area contributed by atoms with Gasteiger partial charge in [0.25, 0.3) is 0 Å². The van der Waals surface area contributed by atoms with Gasteiger partial charge >= 0.3 is 0 Å². The van der Waals surface area contributed by atoms with Crippen molar-refractivity contribution in [3.8, 4) is 0 Å². The Morgan fingerprint density at radius 1 is 1.53 bits per heavy atom. The van der Waals surface area contributed by atoms with Gasteiger partial charge in [-0.2, -0.15) is 0 Å². The summed E-state index contributed by atoms with van der Waals surface area (Å²) in [5, 5.41) is 19.2. The number of pyridine rings is 1. The molecule has 104 valence electrons. The Kier molecular flexibility index (Phi) is 4.50. The van der Waals surface area contributed by atoms with Crippen molar-refractivity contribution < 1.29 is 15.0 Å². The van der Waals surface area contributed by atoms with Gasteiger partial charge in [0, 0.05) is 25.4 Å². The molecule has 0 aromatic carbocycles. The van der Waals surface area contributed by atoms with Crippen LogP contribution < -0.4 is 0 Å². The summed E-state index contributed by atoms with van der Waals surface area (Å²) in [5.74, 6) is 0.0235. The monoisotopic (exact) mass is 264 g/mol. The van der Waals surface area contributed by atoms with Gasteiger partial charge in [-0.1, -0.05) is 6.07 Å². The lowest BCUT2D eigenvalue weighted by atomic mass is 9.93. The number of hydrogen-bond acceptors (Lipinski definition) is 4. The van der Waals surface area contributed by atoms with Gasteiger partial charge < -0.3 is 15.1 Å². The highest BCUT2D eigenvalue weighted by atomic mass is 16.3. The summed E-state index contributed by atoms with van der Waals surface area (Å²) in [7, 11) is 0. The van der Waals surface area contributed by atoms with E-state index in [0.717, 1.165) is 12.0 Å². The Morgan fingerprint density at radius 2 is 2.37 bits per heavy atom. The van der Waals surface area contributed by atoms with Crippen LogP contribution in [0.5, 0.6) is 0 Å². The first-order chi connectivity index (χ1) is 9.13. The number of aryl methyl sites for hydroxylation is 1. The second-order valence-electron chi connectivity index (χ2n) is 5.16. The van der Waals surface area contributed by atoms with Crippen molar-refractivity contribution >= 4 is 5.91 Å². The fraction of sp³-hybridized carbons (Fsp3) is 0.571. The topological polar surface area (TPSA) is 73.7 Å². The zero-order chi connectivity index (χ0) is 13.7. The van der Waals surface area contributed by atoms with Crippen molar-refractivity contribution in [2.24, 2.45) is 0 Å². The summed E-state index contributed by atoms with van der Waals surface area (Å²) < 4.78 is 0. The third-order valence-electron chi connectivity index (χ3n) is 3.55. The van der Waals surface area contributed by atoms with Crippen LogP contribution in [0.1, 0.15) is 24.8 Å². The summed E-state index contributed by atoms with van der Waals surface area (Å²) in [5.41, 5.74) is -0.0901. The highest BCUT2D eigenvalue weighted by Crippen LogP contribution is 2.21. The average molecular weight is 264 g/mol. The molecule has 0 bridgehead atoms. The third-order valence-corrected chi connectivity index (χ3v) is 3.55. The second-order valence-corrected chi connectivity index (χ2v) is 5.16. The Labute approximate surface area is 112 Å². The predicted molar refractivity (Wildman–Crippen MR) is 70.4 cm³/mol. The van der Waals surface area contributed by atoms with Crippen LogP contribution in [0.2, 0.25) is 0 Å². The molecule has 2 N–H and O–H groups in total. The molecule has 2 heterocycles. The molecule has 1 aromatic rings. The number of carbonyl (C=O) groups is 1. The molecule has 1 amide bonds. The van der Waals surface area contributed by atoms with Crippen LogP contribution in [0.4, 0.5) is 0 Å². The van der Waals surface area contributed by atoms with Crippen LogP contribution in [0, 0.1) is 0 Å². The van der Waals surface area contributed by atoms with Gasteiger partial charge in [-0.25, -0.2) is 0 Å². The van der Waals surface area contributed by atoms with E-state index < -0.39 is 5.60 Å². The fourth-order valence-corrected chi connectivity index (χ4v) is 2.41. The average Bonchev–Trinajstić information content (AvgIpc) is 2.46. The number of carbonyl (C=O) groups excluding carboxylic acids is 1. The first kappa shape index (κ1) is 14.0. The van der Waals surface area contributed by atoms with Gasteiger partial charge in [0.1, 0.15) is 5.60 Å². The van der Waals surface area contributed by atoms with E-state index in [0.29, 0.717) is 25.8 Å². The SMILES string of the molecule is O=C(CCc1cccnc1)N1CCC[C@@](O)(CO)C1. The molecule has 1 aliphatic rings. The first-order valence-corrected chi connectivity index (χ1v) is 6.63. The van der Waals surface area contributed by atoms with E-state index in [2.05, 4.69) is 4.98 Å². The molecule has 0 saturated carbocycles. The number of piperidine rings is 1. The summed E-state index contributed by atoms with van der Waals surface area (Å²) >= 11 is 0. The molecule has 1 atom stereocenters. The van der Waals surface area contributed by atoms with E-state index in [4.69, 9.17) is 5.11 Å². The number of likely N-dealkylation sites (tertiary alicyclic amines) is 1. The van der Waals surface area contributed by atoms with E-state index in [1.54, 1.807) is 17.3 Å². The lowest BCUT2D eigenvalue weighted by molar-refractivity contribution is -0.140. The minimum Gasteiger partial charge on any atom is -0.393 e. The van der Waals surface area contributed by atoms with E-state index in [-0.39, 0.29) is 19.1 Å². The zero-order valence-corrected chi connectivity index (χ0v) is 11.0. The molecular formula is C14H20N2O3. The fourth-order valence-electron chi connectivity index (χ4n) is 2.41. The van der Waals surface area contributed by atoms with Crippen LogP contribution in [-0.2, 0) is 11.2 Å². The maximum atomic E-state index is 12.1. The molecule has 0 unspecified atom stereocenters. The normalized spacial score (nSPS) is 23.4. The van der Waals surface area contributed by atoms with Crippen molar-refractivity contribution in [3.63, 3.8) is 0 Å². The van der Waals surface area contributed by atoms with Gasteiger partial charge in [0.15, 0.2) is 0 Å². The molecule has 0 spiro atoms. The van der Waals surface area contributed by atoms with Crippen LogP contribution >= 0.6 is 0 Å². The standard InChI is InChI=1S/C14H20N2O3/c17-11-14(19)6-2-8-16(10-14)13(18)5-4-12-3-1-7-15-9-12/h1,3,7,9,17,19H,2,4-6,8,10-11H2/t14-/m0/s1. The number of aliphatic hydroxyl groups is 2. The maximum absolute atomic E-state index is 12.1. The summed E-state index contributed by atoms with van der Waals surface area (Å²) in [6, 6.07) is 3.80. The zero-order valence-electron chi connectivity index (χ0n) is 11.0. The number of aromatic nitrogens is 1. The summed E-state index contributed by atoms with van der Waals surface area (Å²) in [4.78, 5) is 17.8. The van der Waals surface area contributed by atoms with Gasteiger partial charge in [0.2, 0.25) is 5.91 Å². The molecule has 2 rings (SSSR count). The molecular weight excluding hydrogens is 244 g/mol. The van der Waals surface area contributed by atoms with Crippen LogP contribution in [0.15, 0.2) is 24.5 Å². The minimum atomic E-state index is -1.12. The van der Waals surface area contributed by atoms with E-state index in [9.17, 15) is 9.90 Å². The number of β-amino-alcohol motifs (C(OH)–C–C–N with tert-alkyl or cyclic N) is 1. The van der Waals surface area contributed by atoms with E-state index in [1.807, 2.05) is 12.1 Å². The lowest BCUT2D eigenvalue weighted by Crippen LogP contribution is -2.52. The second kappa shape index (κ2) is 6.12. The van der Waals surface area contributed by atoms with Crippen LogP contribution in [0.25, 0.3) is 0 Å². The largest absolute Gasteiger partial charge is 0.393 e. The van der Waals surface area contributed by atoms with E-state index in [1.165, 1.54) is 0 Å². The summed E-state index contributed by atoms with van der Waals surface area (Å²) in [6.45, 7) is 0.600. The van der Waals surface area contributed by atoms with Crippen molar-refractivity contribution in [2.75, 3.05) is 19.7 Å². The predicted octanol–water partition coefficient (Wildman–Crippen LogP) is 0.360. The maximum Gasteiger partial charge on any atom is 0.223 e. The molecule has 19 heavy (non-hydrogen) atoms. The first-order valence-electron chi connectivity index (χ1n) is 6.63. The number of hydrogen-bond donors (Lipinski definition) is 2. The Bertz CT molecular complexity index is 424. The Balaban J connectivity index is 1.86. The molecule has 1 fully saturated rings. The van der Waals surface area contributed by atoms with Gasteiger partial charge in [-0.15, -0.1) is 0 Å². The van der Waals surface area contributed by atoms with Crippen LogP contribution in [0.3, 0.4) is 0 Å². The molecule has 1 aliphatic heterocycles. The Hall–Kier alpha value is -1.46. The molecule has 0 radical (unpaired) electrons. The van der Waals surface area contributed by atoms with Crippen LogP contribution in [-0.4, -0.2) is 51.3 Å². The number of nitrogens with zero attached hydrogens (tertiary/aromatic N) is 2. The smallest absolute Gasteiger partial charge is 0.223 e. The third kappa shape index (κ3) is 3.75. The number of aliphatic hydroxyl groups excluding tert-OH is 1. The van der Waals surface area contributed by atoms with Gasteiger partial charge in [0.05, 0.1) is 13.2 Å². The van der Waals surface area contributed by atoms with Crippen molar-refractivity contribution in [3.05, 3.63) is 30.1 Å². The molecule has 1 aromatic heterocycles. The van der Waals surface area contributed by atoms with Crippen molar-refractivity contribution in [1.82, 2.24) is 9.88 Å². The molecule has 1 saturated heterocycles. The molecule has 5 nitrogen and oxygen atoms in total. The van der Waals surface area contributed by atoms with Crippen molar-refractivity contribution in [2.45, 2.75) is 31.3 Å². The number of rotatable bonds is 4. The number of amides is 1. The molecule has 0 aliphatic carbocycles. The van der Waals surface area contributed by atoms with E-state index >= 15 is 0 Å². The van der Waals surface area contributed by atoms with Gasteiger partial charge in [-0.3, -0.25) is 9.78 Å². The molecule has 5 heteroatoms. The highest BCUT2D eigenvalue weighted by molar-refractivity contribution is 5.76. The lowest BCUT2D eigenvalue weighted by Gasteiger charge is -2.38. The van der Waals surface area contributed by atoms with Gasteiger partial charge in [-0.05, 0) is 30.9 Å². The highest BCUT2D eigenvalue weighted by Gasteiger charge is 2.34. The quantitative estimate of drug-likeness (QED) is 0.823. The minimum absolute atomic E-state index is 0.0235. The van der Waals surface area contributed by atoms with Crippen molar-refractivity contribution in [1.29, 1.82) is 0 Å². The summed E-state index contributed by atoms with van der Waals surface area (Å²) in [6.07, 6.45) is 5.81. The Morgan fingerprint density at radius 3 is 3.05 bits per heavy atom.